The molecule has 2 saturated heterocycles. The van der Waals surface area contributed by atoms with Crippen molar-refractivity contribution in [3.8, 4) is 0 Å². The van der Waals surface area contributed by atoms with Crippen LogP contribution in [0.3, 0.4) is 0 Å². The minimum atomic E-state index is -3.21. The molecule has 2 aliphatic rings. The van der Waals surface area contributed by atoms with E-state index in [9.17, 15) is 39.9 Å². The summed E-state index contributed by atoms with van der Waals surface area (Å²) in [4.78, 5) is 39.2. The Kier molecular flexibility index (Phi) is 8.55. The molecule has 0 aromatic heterocycles. The van der Waals surface area contributed by atoms with E-state index in [4.69, 9.17) is 4.74 Å². The van der Waals surface area contributed by atoms with Crippen LogP contribution in [0.4, 0.5) is 10.1 Å². The van der Waals surface area contributed by atoms with Gasteiger partial charge in [-0.05, 0) is 30.2 Å². The number of anilines is 1. The van der Waals surface area contributed by atoms with Gasteiger partial charge in [0.1, 0.15) is 21.5 Å². The summed E-state index contributed by atoms with van der Waals surface area (Å²) in [7, 11) is 2.12. The molecule has 2 aliphatic heterocycles. The molecule has 4 rings (SSSR count). The number of halogens is 1. The number of hydrogen-bond acceptors (Lipinski definition) is 11. The fourth-order valence-electron chi connectivity index (χ4n) is 5.26. The Labute approximate surface area is 242 Å². The number of rotatable bonds is 9. The lowest BCUT2D eigenvalue weighted by Crippen LogP contribution is -2.79. The first-order valence-electron chi connectivity index (χ1n) is 13.2. The minimum Gasteiger partial charge on any atom is -0.381 e. The van der Waals surface area contributed by atoms with E-state index in [1.807, 2.05) is 0 Å². The van der Waals surface area contributed by atoms with E-state index in [0.29, 0.717) is 21.7 Å². The van der Waals surface area contributed by atoms with Crippen molar-refractivity contribution in [2.24, 2.45) is 0 Å². The maximum atomic E-state index is 15.6. The number of imide groups is 1. The molecule has 1 atom stereocenters. The van der Waals surface area contributed by atoms with E-state index in [1.165, 1.54) is 23.1 Å². The molecule has 16 heteroatoms. The van der Waals surface area contributed by atoms with Crippen molar-refractivity contribution in [3.63, 3.8) is 0 Å². The molecule has 42 heavy (non-hydrogen) atoms. The molecule has 13 nitrogen and oxygen atoms in total. The first-order chi connectivity index (χ1) is 19.6. The third-order valence-electron chi connectivity index (χ3n) is 8.25. The van der Waals surface area contributed by atoms with E-state index < -0.39 is 46.8 Å². The number of amides is 3. The molecular weight excluding hydrogens is 553 g/mol. The zero-order chi connectivity index (χ0) is 31.1. The topological polar surface area (TPSA) is 192 Å². The molecule has 0 radical (unpaired) electrons. The number of ether oxygens (including phenoxy) is 1. The summed E-state index contributed by atoms with van der Waals surface area (Å²) < 4.78 is 20.8. The number of carbonyl (C=O) groups is 3. The van der Waals surface area contributed by atoms with Crippen molar-refractivity contribution < 1.29 is 49.0 Å². The lowest BCUT2D eigenvalue weighted by atomic mass is 9.42. The second kappa shape index (κ2) is 11.4. The summed E-state index contributed by atoms with van der Waals surface area (Å²) in [5.74, 6) is -9.38. The Hall–Kier alpha value is -3.37. The van der Waals surface area contributed by atoms with Gasteiger partial charge in [-0.2, -0.15) is 0 Å². The van der Waals surface area contributed by atoms with Crippen molar-refractivity contribution in [2.45, 2.75) is 42.7 Å². The van der Waals surface area contributed by atoms with E-state index in [0.717, 1.165) is 15.7 Å². The summed E-state index contributed by atoms with van der Waals surface area (Å²) in [6.45, 7) is 2.06. The molecule has 0 aliphatic carbocycles. The molecule has 0 bridgehead atoms. The van der Waals surface area contributed by atoms with Crippen molar-refractivity contribution in [2.75, 3.05) is 31.6 Å². The Balaban J connectivity index is 1.62. The van der Waals surface area contributed by atoms with Crippen LogP contribution in [0.25, 0.3) is 0 Å². The molecule has 3 amide bonds. The number of piperidine rings is 1. The van der Waals surface area contributed by atoms with Gasteiger partial charge in [-0.15, -0.1) is 0 Å². The van der Waals surface area contributed by atoms with Crippen molar-refractivity contribution >= 4 is 39.6 Å². The van der Waals surface area contributed by atoms with Gasteiger partial charge in [0.25, 0.3) is 17.7 Å². The predicted octanol–water partition coefficient (Wildman–Crippen LogP) is -3.46. The monoisotopic (exact) mass is 586 g/mol. The largest absolute Gasteiger partial charge is 0.381 e. The number of carbonyl (C=O) groups excluding carboxylic acids is 3. The van der Waals surface area contributed by atoms with Gasteiger partial charge in [-0.25, -0.2) is 9.29 Å². The lowest BCUT2D eigenvalue weighted by molar-refractivity contribution is -0.288. The van der Waals surface area contributed by atoms with Gasteiger partial charge in [0.2, 0.25) is 17.9 Å². The van der Waals surface area contributed by atoms with Crippen molar-refractivity contribution in [1.82, 2.24) is 15.1 Å². The summed E-state index contributed by atoms with van der Waals surface area (Å²) in [6, 6.07) is 9.22. The van der Waals surface area contributed by atoms with E-state index >= 15 is 4.39 Å². The van der Waals surface area contributed by atoms with Crippen LogP contribution in [-0.2, 0) is 38.1 Å². The number of benzene rings is 2. The molecule has 2 aromatic rings. The first kappa shape index (κ1) is 31.6. The van der Waals surface area contributed by atoms with Crippen molar-refractivity contribution in [3.05, 3.63) is 64.5 Å². The number of nitrogens with one attached hydrogen (secondary N) is 2. The highest BCUT2D eigenvalue weighted by molar-refractivity contribution is 6.46. The zero-order valence-corrected chi connectivity index (χ0v) is 23.4. The number of morpholine rings is 1. The van der Waals surface area contributed by atoms with Gasteiger partial charge < -0.3 is 40.5 Å². The Morgan fingerprint density at radius 3 is 2.40 bits per heavy atom. The molecule has 2 heterocycles. The molecule has 1 unspecified atom stereocenters. The van der Waals surface area contributed by atoms with Crippen LogP contribution >= 0.6 is 0 Å². The quantitative estimate of drug-likeness (QED) is 0.0669. The second-order valence-corrected chi connectivity index (χ2v) is 11.0. The van der Waals surface area contributed by atoms with Crippen LogP contribution in [0.1, 0.15) is 22.3 Å². The average molecular weight is 586 g/mol. The van der Waals surface area contributed by atoms with Gasteiger partial charge >= 0.3 is 0 Å². The molecule has 224 valence electrons. The Morgan fingerprint density at radius 1 is 1.12 bits per heavy atom. The van der Waals surface area contributed by atoms with Crippen LogP contribution in [0.2, 0.25) is 5.21 Å². The van der Waals surface area contributed by atoms with Gasteiger partial charge in [0.15, 0.2) is 0 Å². The standard InChI is InChI=1S/C26H33B2FN4O9/c1-15-4-2-7-19(17(15)13-33(14-34)23(37)21(35)31-22(36)24(38,39)26(23,27)28)30-12-16-5-3-6-18(20(16)29)25(40,41)32-8-10-42-11-9-32/h2-7,14,30,37-41H,8-13,27-28H2,1H3,(H,31,35,36). The molecule has 0 saturated carbocycles. The summed E-state index contributed by atoms with van der Waals surface area (Å²) in [5, 5.41) is 56.4. The third-order valence-corrected chi connectivity index (χ3v) is 8.25. The average Bonchev–Trinajstić information content (AvgIpc) is 2.95. The fraction of sp³-hybridized carbons (Fsp3) is 0.423. The van der Waals surface area contributed by atoms with Crippen LogP contribution < -0.4 is 10.6 Å². The zero-order valence-electron chi connectivity index (χ0n) is 23.4. The number of nitrogens with zero attached hydrogens (tertiary/aromatic N) is 2. The second-order valence-electron chi connectivity index (χ2n) is 11.0. The van der Waals surface area contributed by atoms with Gasteiger partial charge in [-0.3, -0.25) is 19.7 Å². The van der Waals surface area contributed by atoms with E-state index in [-0.39, 0.29) is 50.4 Å². The normalized spacial score (nSPS) is 22.4. The maximum absolute atomic E-state index is 15.6. The molecule has 2 fully saturated rings. The highest BCUT2D eigenvalue weighted by Crippen LogP contribution is 2.47. The Bertz CT molecular complexity index is 1390. The molecule has 7 N–H and O–H groups in total. The molecule has 0 spiro atoms. The molecule has 2 aromatic carbocycles. The van der Waals surface area contributed by atoms with Gasteiger partial charge in [0.05, 0.1) is 25.3 Å². The Morgan fingerprint density at radius 2 is 1.76 bits per heavy atom. The smallest absolute Gasteiger partial charge is 0.285 e. The summed E-state index contributed by atoms with van der Waals surface area (Å²) >= 11 is 0. The van der Waals surface area contributed by atoms with Crippen LogP contribution in [0.15, 0.2) is 36.4 Å². The predicted molar refractivity (Wildman–Crippen MR) is 150 cm³/mol. The first-order valence-corrected chi connectivity index (χ1v) is 13.2. The summed E-state index contributed by atoms with van der Waals surface area (Å²) in [6.07, 6.45) is 0.153. The van der Waals surface area contributed by atoms with Gasteiger partial charge in [0, 0.05) is 36.1 Å². The highest BCUT2D eigenvalue weighted by atomic mass is 19.1. The van der Waals surface area contributed by atoms with Crippen molar-refractivity contribution in [1.29, 1.82) is 0 Å². The van der Waals surface area contributed by atoms with Gasteiger partial charge in [-0.1, -0.05) is 24.3 Å². The van der Waals surface area contributed by atoms with Crippen LogP contribution in [-0.4, -0.2) is 107 Å². The van der Waals surface area contributed by atoms with Crippen LogP contribution in [0.5, 0.6) is 0 Å². The lowest BCUT2D eigenvalue weighted by Gasteiger charge is -2.54. The van der Waals surface area contributed by atoms with E-state index in [1.54, 1.807) is 30.4 Å². The number of aryl methyl sites for hydroxylation is 1. The van der Waals surface area contributed by atoms with E-state index in [2.05, 4.69) is 5.32 Å². The highest BCUT2D eigenvalue weighted by Gasteiger charge is 2.69. The summed E-state index contributed by atoms with van der Waals surface area (Å²) in [5.41, 5.74) is -1.72. The molecular formula is C26H33B2FN4O9. The maximum Gasteiger partial charge on any atom is 0.285 e. The SMILES string of the molecule is BC1(B)C(O)(O)C(=O)NC(=O)C1(O)N(C=O)Cc1c(C)cccc1NCc1cccc(C(O)(O)N2CCOCC2)c1F. The minimum absolute atomic E-state index is 0.100. The van der Waals surface area contributed by atoms with Crippen LogP contribution in [0, 0.1) is 12.7 Å². The number of hydrogen-bond donors (Lipinski definition) is 7. The number of aliphatic hydroxyl groups is 5. The third kappa shape index (κ3) is 5.08. The fourth-order valence-corrected chi connectivity index (χ4v) is 5.26.